The summed E-state index contributed by atoms with van der Waals surface area (Å²) in [5.41, 5.74) is 8.66. The minimum absolute atomic E-state index is 0.0640. The Morgan fingerprint density at radius 1 is 0.618 bits per heavy atom. The van der Waals surface area contributed by atoms with Crippen molar-refractivity contribution in [3.63, 3.8) is 0 Å². The predicted molar refractivity (Wildman–Crippen MR) is 146 cm³/mol. The maximum Gasteiger partial charge on any atom is 0.0860 e. The number of aliphatic hydroxyl groups is 1. The molecule has 1 aliphatic rings. The maximum absolute atomic E-state index is 11.1. The van der Waals surface area contributed by atoms with Crippen LogP contribution in [-0.4, -0.2) is 5.11 Å². The Labute approximate surface area is 206 Å². The lowest BCUT2D eigenvalue weighted by Gasteiger charge is -2.44. The van der Waals surface area contributed by atoms with Crippen LogP contribution in [-0.2, 0) is 21.8 Å². The van der Waals surface area contributed by atoms with E-state index >= 15 is 0 Å². The lowest BCUT2D eigenvalue weighted by molar-refractivity contribution is 0.0792. The fourth-order valence-corrected chi connectivity index (χ4v) is 5.12. The highest BCUT2D eigenvalue weighted by molar-refractivity contribution is 5.87. The van der Waals surface area contributed by atoms with Crippen LogP contribution in [0.1, 0.15) is 97.1 Å². The molecular weight excluding hydrogens is 414 g/mol. The van der Waals surface area contributed by atoms with Crippen LogP contribution >= 0.6 is 0 Å². The largest absolute Gasteiger partial charge is 0.386 e. The van der Waals surface area contributed by atoms with Crippen LogP contribution in [0.5, 0.6) is 0 Å². The van der Waals surface area contributed by atoms with E-state index in [9.17, 15) is 5.11 Å². The molecule has 0 amide bonds. The van der Waals surface area contributed by atoms with Gasteiger partial charge in [0.2, 0.25) is 0 Å². The molecule has 0 aliphatic carbocycles. The molecule has 0 spiro atoms. The van der Waals surface area contributed by atoms with Crippen molar-refractivity contribution < 1.29 is 5.11 Å². The third-order valence-electron chi connectivity index (χ3n) is 7.36. The Kier molecular flexibility index (Phi) is 5.57. The summed E-state index contributed by atoms with van der Waals surface area (Å²) in [6.07, 6.45) is 0. The van der Waals surface area contributed by atoms with Gasteiger partial charge in [-0.3, -0.25) is 0 Å². The van der Waals surface area contributed by atoms with Gasteiger partial charge in [0.25, 0.3) is 0 Å². The van der Waals surface area contributed by atoms with E-state index in [1.807, 2.05) is 26.0 Å². The first-order chi connectivity index (χ1) is 15.5. The van der Waals surface area contributed by atoms with E-state index in [-0.39, 0.29) is 16.2 Å². The van der Waals surface area contributed by atoms with Gasteiger partial charge in [-0.15, -0.1) is 0 Å². The number of fused-ring (bicyclic) bond motifs is 2. The van der Waals surface area contributed by atoms with Crippen molar-refractivity contribution in [3.05, 3.63) is 88.5 Å². The number of anilines is 3. The minimum atomic E-state index is -0.958. The lowest BCUT2D eigenvalue weighted by Crippen LogP contribution is -2.33. The van der Waals surface area contributed by atoms with Gasteiger partial charge < -0.3 is 10.0 Å². The molecule has 0 aromatic heterocycles. The molecule has 1 heterocycles. The number of nitrogens with zero attached hydrogens (tertiary/aromatic N) is 1. The van der Waals surface area contributed by atoms with E-state index in [1.165, 1.54) is 33.6 Å². The number of hydrogen-bond donors (Lipinski definition) is 1. The van der Waals surface area contributed by atoms with Gasteiger partial charge in [-0.05, 0) is 65.1 Å². The van der Waals surface area contributed by atoms with Gasteiger partial charge in [0, 0.05) is 11.0 Å². The highest BCUT2D eigenvalue weighted by atomic mass is 16.3. The molecule has 0 saturated carbocycles. The molecule has 1 aliphatic heterocycles. The van der Waals surface area contributed by atoms with Gasteiger partial charge in [0.05, 0.1) is 22.7 Å². The Balaban J connectivity index is 2.09. The summed E-state index contributed by atoms with van der Waals surface area (Å²) in [7, 11) is 0. The second-order valence-corrected chi connectivity index (χ2v) is 13.0. The first-order valence-electron chi connectivity index (χ1n) is 12.4. The Morgan fingerprint density at radius 2 is 1.06 bits per heavy atom. The monoisotopic (exact) mass is 455 g/mol. The van der Waals surface area contributed by atoms with Gasteiger partial charge in [-0.2, -0.15) is 0 Å². The topological polar surface area (TPSA) is 23.5 Å². The molecule has 0 atom stereocenters. The van der Waals surface area contributed by atoms with Gasteiger partial charge >= 0.3 is 0 Å². The number of benzene rings is 3. The SMILES string of the molecule is CC(C)(C)c1ccc2c(c1)C(C)(C)c1cc(C(C)(C)C)ccc1N2c1ccccc1C(C)(C)O. The highest BCUT2D eigenvalue weighted by Crippen LogP contribution is 2.54. The summed E-state index contributed by atoms with van der Waals surface area (Å²) in [4.78, 5) is 2.36. The molecule has 1 N–H and O–H groups in total. The predicted octanol–water partition coefficient (Wildman–Crippen LogP) is 8.62. The fraction of sp³-hybridized carbons (Fsp3) is 0.438. The Hall–Kier alpha value is -2.58. The average molecular weight is 456 g/mol. The third kappa shape index (κ3) is 4.07. The zero-order valence-corrected chi connectivity index (χ0v) is 22.7. The Bertz CT molecular complexity index is 1160. The van der Waals surface area contributed by atoms with E-state index < -0.39 is 5.60 Å². The van der Waals surface area contributed by atoms with Crippen LogP contribution < -0.4 is 4.90 Å². The van der Waals surface area contributed by atoms with Crippen LogP contribution in [0.25, 0.3) is 0 Å². The average Bonchev–Trinajstić information content (AvgIpc) is 2.72. The van der Waals surface area contributed by atoms with E-state index in [1.54, 1.807) is 0 Å². The standard InChI is InChI=1S/C32H41NO/c1-29(2,3)21-15-17-27-24(19-21)31(7,8)25-20-22(30(4,5)6)16-18-28(25)33(27)26-14-12-11-13-23(26)32(9,10)34/h11-20,34H,1-10H3. The van der Waals surface area contributed by atoms with E-state index in [0.717, 1.165) is 11.3 Å². The highest BCUT2D eigenvalue weighted by Gasteiger charge is 2.39. The first kappa shape index (κ1) is 24.5. The zero-order chi connectivity index (χ0) is 25.3. The van der Waals surface area contributed by atoms with Gasteiger partial charge in [0.15, 0.2) is 0 Å². The molecular formula is C32H41NO. The number of rotatable bonds is 2. The molecule has 0 unspecified atom stereocenters. The van der Waals surface area contributed by atoms with Crippen LogP contribution in [0.2, 0.25) is 0 Å². The van der Waals surface area contributed by atoms with Crippen molar-refractivity contribution in [3.8, 4) is 0 Å². The molecule has 0 radical (unpaired) electrons. The summed E-state index contributed by atoms with van der Waals surface area (Å²) >= 11 is 0. The van der Waals surface area contributed by atoms with Crippen LogP contribution in [0.15, 0.2) is 60.7 Å². The molecule has 4 rings (SSSR count). The molecule has 3 aromatic carbocycles. The van der Waals surface area contributed by atoms with Crippen molar-refractivity contribution >= 4 is 17.1 Å². The van der Waals surface area contributed by atoms with Crippen LogP contribution in [0.3, 0.4) is 0 Å². The van der Waals surface area contributed by atoms with E-state index in [0.29, 0.717) is 0 Å². The third-order valence-corrected chi connectivity index (χ3v) is 7.36. The normalized spacial score (nSPS) is 15.7. The Morgan fingerprint density at radius 3 is 1.47 bits per heavy atom. The summed E-state index contributed by atoms with van der Waals surface area (Å²) in [6, 6.07) is 22.2. The molecule has 0 bridgehead atoms. The second-order valence-electron chi connectivity index (χ2n) is 13.0. The quantitative estimate of drug-likeness (QED) is 0.418. The fourth-order valence-electron chi connectivity index (χ4n) is 5.12. The molecule has 0 fully saturated rings. The van der Waals surface area contributed by atoms with Crippen LogP contribution in [0.4, 0.5) is 17.1 Å². The van der Waals surface area contributed by atoms with Gasteiger partial charge in [0.1, 0.15) is 0 Å². The van der Waals surface area contributed by atoms with Crippen molar-refractivity contribution in [2.45, 2.75) is 91.1 Å². The molecule has 0 saturated heterocycles. The number of hydrogen-bond acceptors (Lipinski definition) is 2. The maximum atomic E-state index is 11.1. The van der Waals surface area contributed by atoms with Crippen molar-refractivity contribution in [1.82, 2.24) is 0 Å². The van der Waals surface area contributed by atoms with E-state index in [4.69, 9.17) is 0 Å². The molecule has 2 nitrogen and oxygen atoms in total. The smallest absolute Gasteiger partial charge is 0.0860 e. The number of para-hydroxylation sites is 1. The van der Waals surface area contributed by atoms with Gasteiger partial charge in [-0.1, -0.05) is 97.9 Å². The molecule has 2 heteroatoms. The van der Waals surface area contributed by atoms with E-state index in [2.05, 4.69) is 109 Å². The second kappa shape index (κ2) is 7.71. The summed E-state index contributed by atoms with van der Waals surface area (Å²) in [5.74, 6) is 0. The summed E-state index contributed by atoms with van der Waals surface area (Å²) < 4.78 is 0. The molecule has 3 aromatic rings. The molecule has 180 valence electrons. The van der Waals surface area contributed by atoms with Gasteiger partial charge in [-0.25, -0.2) is 0 Å². The lowest BCUT2D eigenvalue weighted by atomic mass is 9.70. The summed E-state index contributed by atoms with van der Waals surface area (Å²) in [5, 5.41) is 11.1. The van der Waals surface area contributed by atoms with Crippen molar-refractivity contribution in [2.75, 3.05) is 4.90 Å². The minimum Gasteiger partial charge on any atom is -0.386 e. The van der Waals surface area contributed by atoms with Crippen LogP contribution in [0, 0.1) is 0 Å². The van der Waals surface area contributed by atoms with Crippen molar-refractivity contribution in [2.24, 2.45) is 0 Å². The van der Waals surface area contributed by atoms with Crippen molar-refractivity contribution in [1.29, 1.82) is 0 Å². The first-order valence-corrected chi connectivity index (χ1v) is 12.4. The molecule has 34 heavy (non-hydrogen) atoms. The summed E-state index contributed by atoms with van der Waals surface area (Å²) in [6.45, 7) is 22.1. The zero-order valence-electron chi connectivity index (χ0n) is 22.7.